The quantitative estimate of drug-likeness (QED) is 0.155. The molecule has 0 spiro atoms. The number of hydrogen-bond acceptors (Lipinski definition) is 5. The van der Waals surface area contributed by atoms with Crippen molar-refractivity contribution in [3.05, 3.63) is 68.8 Å². The summed E-state index contributed by atoms with van der Waals surface area (Å²) < 4.78 is 46.6. The van der Waals surface area contributed by atoms with Crippen LogP contribution in [0.2, 0.25) is 10.0 Å². The minimum absolute atomic E-state index is 0.0124. The molecule has 49 heavy (non-hydrogen) atoms. The number of nitrogens with two attached hydrogens (primary N) is 2. The van der Waals surface area contributed by atoms with Gasteiger partial charge in [-0.3, -0.25) is 14.4 Å². The number of primary amides is 2. The molecule has 0 saturated carbocycles. The zero-order valence-corrected chi connectivity index (χ0v) is 29.0. The number of aromatic amines is 1. The number of alkyl halides is 3. The van der Waals surface area contributed by atoms with Gasteiger partial charge in [0.1, 0.15) is 11.6 Å². The van der Waals surface area contributed by atoms with Gasteiger partial charge in [-0.25, -0.2) is 4.79 Å². The Morgan fingerprint density at radius 1 is 1.06 bits per heavy atom. The standard InChI is InChI=1S/C34H40Cl2F3N5O5/c1-5-17(3)26(28(40)45)43-29(46)32(11-10-25-23(16-32)22-13-21(35)14-24(36)27(22)42-25)44-30(47)33(18(4)6-2,49-31(41)48)15-19-8-7-9-20(12-19)34(37,38)39/h7-9,12-14,17-18,26,42H,5-6,10-11,15-16H2,1-4H3,(H2,40,45)(H2,41,48)(H,43,46)(H,44,47)/t17?,18?,26-,32+,33-/m0/s1. The Morgan fingerprint density at radius 2 is 1.76 bits per heavy atom. The summed E-state index contributed by atoms with van der Waals surface area (Å²) in [7, 11) is 0. The van der Waals surface area contributed by atoms with E-state index >= 15 is 0 Å². The number of amides is 4. The van der Waals surface area contributed by atoms with Crippen LogP contribution in [0.3, 0.4) is 0 Å². The summed E-state index contributed by atoms with van der Waals surface area (Å²) in [6.07, 6.45) is -5.63. The van der Waals surface area contributed by atoms with Gasteiger partial charge in [0.2, 0.25) is 11.8 Å². The zero-order valence-electron chi connectivity index (χ0n) is 27.5. The van der Waals surface area contributed by atoms with Gasteiger partial charge in [-0.2, -0.15) is 13.2 Å². The van der Waals surface area contributed by atoms with Crippen molar-refractivity contribution in [2.24, 2.45) is 23.3 Å². The number of fused-ring (bicyclic) bond motifs is 3. The van der Waals surface area contributed by atoms with Crippen LogP contribution < -0.4 is 22.1 Å². The summed E-state index contributed by atoms with van der Waals surface area (Å²) in [4.78, 5) is 57.3. The fraction of sp³-hybridized carbons (Fsp3) is 0.471. The van der Waals surface area contributed by atoms with E-state index in [0.29, 0.717) is 32.9 Å². The maximum atomic E-state index is 14.7. The zero-order chi connectivity index (χ0) is 36.5. The molecule has 1 aliphatic carbocycles. The van der Waals surface area contributed by atoms with E-state index in [-0.39, 0.29) is 37.2 Å². The van der Waals surface area contributed by atoms with Crippen LogP contribution in [0, 0.1) is 11.8 Å². The number of rotatable bonds is 12. The Balaban J connectivity index is 1.87. The lowest BCUT2D eigenvalue weighted by Gasteiger charge is -2.43. The molecule has 10 nitrogen and oxygen atoms in total. The van der Waals surface area contributed by atoms with Crippen LogP contribution in [-0.2, 0) is 44.6 Å². The van der Waals surface area contributed by atoms with Gasteiger partial charge in [-0.1, -0.05) is 75.5 Å². The van der Waals surface area contributed by atoms with Crippen molar-refractivity contribution in [1.29, 1.82) is 0 Å². The molecule has 3 aromatic rings. The molecule has 1 aromatic heterocycles. The minimum atomic E-state index is -4.68. The highest BCUT2D eigenvalue weighted by Gasteiger charge is 2.53. The largest absolute Gasteiger partial charge is 0.432 e. The lowest BCUT2D eigenvalue weighted by Crippen LogP contribution is -2.68. The predicted octanol–water partition coefficient (Wildman–Crippen LogP) is 5.98. The van der Waals surface area contributed by atoms with E-state index in [4.69, 9.17) is 39.4 Å². The van der Waals surface area contributed by atoms with Crippen molar-refractivity contribution < 1.29 is 37.1 Å². The number of nitrogens with one attached hydrogen (secondary N) is 3. The van der Waals surface area contributed by atoms with Crippen LogP contribution >= 0.6 is 23.2 Å². The van der Waals surface area contributed by atoms with Crippen molar-refractivity contribution in [3.63, 3.8) is 0 Å². The van der Waals surface area contributed by atoms with Crippen molar-refractivity contribution in [1.82, 2.24) is 15.6 Å². The first-order valence-electron chi connectivity index (χ1n) is 15.9. The molecule has 7 N–H and O–H groups in total. The second-order valence-corrected chi connectivity index (χ2v) is 13.7. The molecule has 2 aromatic carbocycles. The third-order valence-corrected chi connectivity index (χ3v) is 10.2. The Labute approximate surface area is 291 Å². The summed E-state index contributed by atoms with van der Waals surface area (Å²) in [5.41, 5.74) is 8.30. The van der Waals surface area contributed by atoms with Crippen molar-refractivity contribution in [3.8, 4) is 0 Å². The van der Waals surface area contributed by atoms with Gasteiger partial charge in [-0.15, -0.1) is 0 Å². The fourth-order valence-corrected chi connectivity index (χ4v) is 7.03. The molecule has 0 radical (unpaired) electrons. The number of hydrogen-bond donors (Lipinski definition) is 5. The number of benzene rings is 2. The van der Waals surface area contributed by atoms with E-state index < -0.39 is 65.1 Å². The monoisotopic (exact) mass is 725 g/mol. The fourth-order valence-electron chi connectivity index (χ4n) is 6.49. The molecular weight excluding hydrogens is 686 g/mol. The first-order valence-corrected chi connectivity index (χ1v) is 16.7. The van der Waals surface area contributed by atoms with E-state index in [1.807, 2.05) is 6.92 Å². The van der Waals surface area contributed by atoms with E-state index in [2.05, 4.69) is 15.6 Å². The Hall–Kier alpha value is -3.97. The highest BCUT2D eigenvalue weighted by atomic mass is 35.5. The lowest BCUT2D eigenvalue weighted by molar-refractivity contribution is -0.151. The molecule has 266 valence electrons. The number of halogens is 5. The van der Waals surface area contributed by atoms with Crippen molar-refractivity contribution in [2.75, 3.05) is 0 Å². The van der Waals surface area contributed by atoms with E-state index in [0.717, 1.165) is 17.8 Å². The van der Waals surface area contributed by atoms with Crippen LogP contribution in [-0.4, -0.2) is 46.0 Å². The van der Waals surface area contributed by atoms with Crippen molar-refractivity contribution >= 4 is 57.9 Å². The first-order chi connectivity index (χ1) is 22.9. The molecule has 2 unspecified atom stereocenters. The molecule has 1 aliphatic rings. The maximum Gasteiger partial charge on any atom is 0.416 e. The van der Waals surface area contributed by atoms with Crippen LogP contribution in [0.4, 0.5) is 18.0 Å². The topological polar surface area (TPSA) is 169 Å². The molecule has 4 amide bonds. The number of aromatic nitrogens is 1. The van der Waals surface area contributed by atoms with Gasteiger partial charge in [0.25, 0.3) is 5.91 Å². The van der Waals surface area contributed by atoms with Crippen LogP contribution in [0.25, 0.3) is 10.9 Å². The van der Waals surface area contributed by atoms with Crippen molar-refractivity contribution in [2.45, 2.75) is 89.6 Å². The summed E-state index contributed by atoms with van der Waals surface area (Å²) >= 11 is 12.8. The first kappa shape index (κ1) is 37.8. The SMILES string of the molecule is CCC(C)[C@H](NC(=O)[C@@]1(NC(=O)[C@@](Cc2cccc(C(F)(F)F)c2)(OC(N)=O)C(C)CC)CCc2[nH]c3c(Cl)cc(Cl)cc3c2C1)C(N)=O. The number of H-pyrrole nitrogens is 1. The van der Waals surface area contributed by atoms with E-state index in [1.54, 1.807) is 32.9 Å². The Kier molecular flexibility index (Phi) is 11.2. The summed E-state index contributed by atoms with van der Waals surface area (Å²) in [5, 5.41) is 6.87. The van der Waals surface area contributed by atoms with Crippen LogP contribution in [0.15, 0.2) is 36.4 Å². The highest BCUT2D eigenvalue weighted by Crippen LogP contribution is 2.40. The number of ether oxygens (including phenoxy) is 1. The molecule has 4 rings (SSSR count). The summed E-state index contributed by atoms with van der Waals surface area (Å²) in [6, 6.07) is 6.46. The third kappa shape index (κ3) is 7.77. The predicted molar refractivity (Wildman–Crippen MR) is 180 cm³/mol. The maximum absolute atomic E-state index is 14.7. The highest BCUT2D eigenvalue weighted by molar-refractivity contribution is 6.38. The van der Waals surface area contributed by atoms with Gasteiger partial charge in [0, 0.05) is 34.9 Å². The minimum Gasteiger partial charge on any atom is -0.432 e. The number of carbonyl (C=O) groups excluding carboxylic acids is 4. The molecule has 5 atom stereocenters. The number of aryl methyl sites for hydroxylation is 1. The normalized spacial score (nSPS) is 19.2. The summed E-state index contributed by atoms with van der Waals surface area (Å²) in [6.45, 7) is 6.87. The molecule has 1 heterocycles. The van der Waals surface area contributed by atoms with Gasteiger partial charge in [0.15, 0.2) is 5.60 Å². The van der Waals surface area contributed by atoms with Crippen LogP contribution in [0.1, 0.15) is 69.3 Å². The Morgan fingerprint density at radius 3 is 2.35 bits per heavy atom. The second kappa shape index (κ2) is 14.5. The third-order valence-electron chi connectivity index (χ3n) is 9.69. The van der Waals surface area contributed by atoms with Gasteiger partial charge in [0.05, 0.1) is 16.1 Å². The molecule has 0 aliphatic heterocycles. The molecule has 15 heteroatoms. The molecule has 0 saturated heterocycles. The molecule has 0 bridgehead atoms. The lowest BCUT2D eigenvalue weighted by atomic mass is 9.75. The van der Waals surface area contributed by atoms with Crippen LogP contribution in [0.5, 0.6) is 0 Å². The average Bonchev–Trinajstić information content (AvgIpc) is 3.39. The number of carbonyl (C=O) groups is 4. The average molecular weight is 727 g/mol. The molecule has 0 fully saturated rings. The second-order valence-electron chi connectivity index (χ2n) is 12.8. The summed E-state index contributed by atoms with van der Waals surface area (Å²) in [5.74, 6) is -3.61. The Bertz CT molecular complexity index is 1770. The molecular formula is C34H40Cl2F3N5O5. The van der Waals surface area contributed by atoms with Gasteiger partial charge < -0.3 is 31.8 Å². The van der Waals surface area contributed by atoms with Gasteiger partial charge in [-0.05, 0) is 54.5 Å². The van der Waals surface area contributed by atoms with E-state index in [1.165, 1.54) is 12.1 Å². The van der Waals surface area contributed by atoms with E-state index in [9.17, 15) is 32.3 Å². The van der Waals surface area contributed by atoms with Gasteiger partial charge >= 0.3 is 12.3 Å². The smallest absolute Gasteiger partial charge is 0.416 e.